The highest BCUT2D eigenvalue weighted by molar-refractivity contribution is 9.10. The smallest absolute Gasteiger partial charge is 0.228 e. The van der Waals surface area contributed by atoms with Crippen molar-refractivity contribution in [3.05, 3.63) is 28.2 Å². The molecule has 106 valence electrons. The second kappa shape index (κ2) is 5.97. The molecule has 4 heteroatoms. The number of nitriles is 1. The fraction of sp³-hybridized carbons (Fsp3) is 0.500. The van der Waals surface area contributed by atoms with Crippen LogP contribution in [0, 0.1) is 22.7 Å². The third kappa shape index (κ3) is 3.21. The second-order valence-electron chi connectivity index (χ2n) is 6.08. The van der Waals surface area contributed by atoms with Gasteiger partial charge in [-0.25, -0.2) is 0 Å². The average molecular weight is 335 g/mol. The van der Waals surface area contributed by atoms with Crippen molar-refractivity contribution in [2.75, 3.05) is 5.32 Å². The molecule has 1 saturated carbocycles. The number of benzene rings is 1. The standard InChI is InChI=1S/C16H19BrN2O/c1-16(2)8-4-3-5-13(16)15(20)19-14-9-12(17)7-6-11(14)10-18/h6-7,9,13H,3-5,8H2,1-2H3,(H,19,20). The predicted molar refractivity (Wildman–Crippen MR) is 83.2 cm³/mol. The topological polar surface area (TPSA) is 52.9 Å². The third-order valence-corrected chi connectivity index (χ3v) is 4.68. The van der Waals surface area contributed by atoms with E-state index in [0.717, 1.165) is 23.7 Å². The van der Waals surface area contributed by atoms with Crippen LogP contribution in [0.1, 0.15) is 45.1 Å². The first-order valence-corrected chi connectivity index (χ1v) is 7.74. The van der Waals surface area contributed by atoms with Crippen LogP contribution in [0.15, 0.2) is 22.7 Å². The average Bonchev–Trinajstić information content (AvgIpc) is 2.38. The van der Waals surface area contributed by atoms with Crippen molar-refractivity contribution >= 4 is 27.5 Å². The van der Waals surface area contributed by atoms with Crippen molar-refractivity contribution in [2.45, 2.75) is 39.5 Å². The highest BCUT2D eigenvalue weighted by Crippen LogP contribution is 2.41. The zero-order valence-corrected chi connectivity index (χ0v) is 13.5. The molecular formula is C16H19BrN2O. The molecule has 1 aliphatic carbocycles. The molecule has 3 nitrogen and oxygen atoms in total. The summed E-state index contributed by atoms with van der Waals surface area (Å²) in [6.07, 6.45) is 4.30. The first-order valence-electron chi connectivity index (χ1n) is 6.94. The summed E-state index contributed by atoms with van der Waals surface area (Å²) < 4.78 is 0.856. The van der Waals surface area contributed by atoms with Crippen LogP contribution in [0.3, 0.4) is 0 Å². The van der Waals surface area contributed by atoms with E-state index < -0.39 is 0 Å². The Hall–Kier alpha value is -1.34. The number of rotatable bonds is 2. The van der Waals surface area contributed by atoms with Crippen LogP contribution in [0.2, 0.25) is 0 Å². The third-order valence-electron chi connectivity index (χ3n) is 4.18. The van der Waals surface area contributed by atoms with Crippen molar-refractivity contribution in [1.29, 1.82) is 5.26 Å². The highest BCUT2D eigenvalue weighted by atomic mass is 79.9. The lowest BCUT2D eigenvalue weighted by molar-refractivity contribution is -0.124. The van der Waals surface area contributed by atoms with E-state index in [1.165, 1.54) is 6.42 Å². The number of carbonyl (C=O) groups excluding carboxylic acids is 1. The second-order valence-corrected chi connectivity index (χ2v) is 6.99. The van der Waals surface area contributed by atoms with Gasteiger partial charge in [-0.2, -0.15) is 5.26 Å². The largest absolute Gasteiger partial charge is 0.325 e. The van der Waals surface area contributed by atoms with Gasteiger partial charge >= 0.3 is 0 Å². The Morgan fingerprint density at radius 2 is 2.20 bits per heavy atom. The van der Waals surface area contributed by atoms with Crippen LogP contribution in [0.5, 0.6) is 0 Å². The van der Waals surface area contributed by atoms with E-state index in [1.54, 1.807) is 18.2 Å². The fourth-order valence-electron chi connectivity index (χ4n) is 2.92. The Morgan fingerprint density at radius 3 is 2.85 bits per heavy atom. The van der Waals surface area contributed by atoms with Gasteiger partial charge in [0, 0.05) is 10.4 Å². The molecule has 1 fully saturated rings. The molecule has 0 saturated heterocycles. The number of hydrogen-bond acceptors (Lipinski definition) is 2. The Kier molecular flexibility index (Phi) is 4.49. The molecule has 1 aliphatic rings. The zero-order chi connectivity index (χ0) is 14.8. The van der Waals surface area contributed by atoms with Gasteiger partial charge in [0.25, 0.3) is 0 Å². The van der Waals surface area contributed by atoms with Gasteiger partial charge in [0.15, 0.2) is 0 Å². The molecule has 1 aromatic rings. The maximum atomic E-state index is 12.5. The summed E-state index contributed by atoms with van der Waals surface area (Å²) in [6.45, 7) is 4.31. The number of hydrogen-bond donors (Lipinski definition) is 1. The maximum Gasteiger partial charge on any atom is 0.228 e. The molecule has 1 aromatic carbocycles. The van der Waals surface area contributed by atoms with Gasteiger partial charge in [-0.1, -0.05) is 42.6 Å². The first kappa shape index (κ1) is 15.1. The van der Waals surface area contributed by atoms with E-state index in [1.807, 2.05) is 0 Å². The van der Waals surface area contributed by atoms with Gasteiger partial charge in [0.05, 0.1) is 11.3 Å². The number of nitrogens with one attached hydrogen (secondary N) is 1. The molecule has 1 atom stereocenters. The van der Waals surface area contributed by atoms with Crippen molar-refractivity contribution < 1.29 is 4.79 Å². The number of nitrogens with zero attached hydrogens (tertiary/aromatic N) is 1. The number of anilines is 1. The SMILES string of the molecule is CC1(C)CCCCC1C(=O)Nc1cc(Br)ccc1C#N. The summed E-state index contributed by atoms with van der Waals surface area (Å²) in [6, 6.07) is 7.42. The molecule has 20 heavy (non-hydrogen) atoms. The van der Waals surface area contributed by atoms with Gasteiger partial charge < -0.3 is 5.32 Å². The van der Waals surface area contributed by atoms with E-state index in [4.69, 9.17) is 5.26 Å². The van der Waals surface area contributed by atoms with Crippen LogP contribution in [0.25, 0.3) is 0 Å². The van der Waals surface area contributed by atoms with E-state index in [9.17, 15) is 4.79 Å². The van der Waals surface area contributed by atoms with Gasteiger partial charge in [0.2, 0.25) is 5.91 Å². The van der Waals surface area contributed by atoms with Crippen molar-refractivity contribution in [2.24, 2.45) is 11.3 Å². The Labute approximate surface area is 128 Å². The van der Waals surface area contributed by atoms with Crippen molar-refractivity contribution in [3.8, 4) is 6.07 Å². The van der Waals surface area contributed by atoms with Gasteiger partial charge in [-0.15, -0.1) is 0 Å². The van der Waals surface area contributed by atoms with Crippen LogP contribution in [0.4, 0.5) is 5.69 Å². The number of amides is 1. The quantitative estimate of drug-likeness (QED) is 0.866. The predicted octanol–water partition coefficient (Wildman–Crippen LogP) is 4.48. The first-order chi connectivity index (χ1) is 9.44. The summed E-state index contributed by atoms with van der Waals surface area (Å²) in [4.78, 5) is 12.5. The molecule has 1 N–H and O–H groups in total. The summed E-state index contributed by atoms with van der Waals surface area (Å²) >= 11 is 3.37. The van der Waals surface area contributed by atoms with Crippen LogP contribution in [-0.4, -0.2) is 5.91 Å². The number of halogens is 1. The van der Waals surface area contributed by atoms with E-state index in [0.29, 0.717) is 11.3 Å². The Bertz CT molecular complexity index is 560. The monoisotopic (exact) mass is 334 g/mol. The van der Waals surface area contributed by atoms with Gasteiger partial charge in [-0.3, -0.25) is 4.79 Å². The van der Waals surface area contributed by atoms with E-state index in [-0.39, 0.29) is 17.2 Å². The van der Waals surface area contributed by atoms with Crippen molar-refractivity contribution in [1.82, 2.24) is 0 Å². The van der Waals surface area contributed by atoms with Crippen LogP contribution in [-0.2, 0) is 4.79 Å². The fourth-order valence-corrected chi connectivity index (χ4v) is 3.28. The molecule has 0 radical (unpaired) electrons. The zero-order valence-electron chi connectivity index (χ0n) is 11.9. The molecule has 0 aliphatic heterocycles. The van der Waals surface area contributed by atoms with Gasteiger partial charge in [-0.05, 0) is 36.5 Å². The minimum absolute atomic E-state index is 0.0155. The summed E-state index contributed by atoms with van der Waals surface area (Å²) in [5.41, 5.74) is 1.12. The lowest BCUT2D eigenvalue weighted by Gasteiger charge is -2.37. The van der Waals surface area contributed by atoms with Gasteiger partial charge in [0.1, 0.15) is 6.07 Å². The minimum Gasteiger partial charge on any atom is -0.325 e. The maximum absolute atomic E-state index is 12.5. The summed E-state index contributed by atoms with van der Waals surface area (Å²) in [5, 5.41) is 12.1. The van der Waals surface area contributed by atoms with Crippen LogP contribution >= 0.6 is 15.9 Å². The summed E-state index contributed by atoms with van der Waals surface area (Å²) in [7, 11) is 0. The molecule has 0 aromatic heterocycles. The molecule has 0 heterocycles. The molecule has 2 rings (SSSR count). The Balaban J connectivity index is 2.20. The Morgan fingerprint density at radius 1 is 1.45 bits per heavy atom. The summed E-state index contributed by atoms with van der Waals surface area (Å²) in [5.74, 6) is 0.0473. The molecule has 1 unspecified atom stereocenters. The molecule has 0 spiro atoms. The highest BCUT2D eigenvalue weighted by Gasteiger charge is 2.37. The number of carbonyl (C=O) groups is 1. The lowest BCUT2D eigenvalue weighted by Crippen LogP contribution is -2.37. The van der Waals surface area contributed by atoms with Crippen molar-refractivity contribution in [3.63, 3.8) is 0 Å². The minimum atomic E-state index is 0.0155. The normalized spacial score (nSPS) is 21.0. The lowest BCUT2D eigenvalue weighted by atomic mass is 9.68. The van der Waals surface area contributed by atoms with E-state index >= 15 is 0 Å². The molecule has 0 bridgehead atoms. The van der Waals surface area contributed by atoms with Crippen LogP contribution < -0.4 is 5.32 Å². The molecular weight excluding hydrogens is 316 g/mol. The molecule has 1 amide bonds. The van der Waals surface area contributed by atoms with E-state index in [2.05, 4.69) is 41.2 Å².